The molecule has 47 heavy (non-hydrogen) atoms. The number of hydrogen-bond acceptors (Lipinski definition) is 9. The lowest BCUT2D eigenvalue weighted by Crippen LogP contribution is -2.45. The average molecular weight is 643 g/mol. The first-order chi connectivity index (χ1) is 22.8. The molecule has 0 unspecified atom stereocenters. The first-order valence-corrected chi connectivity index (χ1v) is 14.8. The van der Waals surface area contributed by atoms with Crippen LogP contribution in [0.3, 0.4) is 0 Å². The van der Waals surface area contributed by atoms with Crippen molar-refractivity contribution >= 4 is 24.1 Å². The second-order valence-corrected chi connectivity index (χ2v) is 10.3. The van der Waals surface area contributed by atoms with Crippen LogP contribution in [-0.4, -0.2) is 51.6 Å². The van der Waals surface area contributed by atoms with E-state index < -0.39 is 23.9 Å². The van der Waals surface area contributed by atoms with E-state index in [4.69, 9.17) is 23.7 Å². The maximum absolute atomic E-state index is 12.6. The van der Waals surface area contributed by atoms with Crippen molar-refractivity contribution in [3.8, 4) is 23.0 Å². The number of benzene rings is 3. The van der Waals surface area contributed by atoms with Crippen LogP contribution in [0.5, 0.6) is 23.0 Å². The second-order valence-electron chi connectivity index (χ2n) is 10.3. The molecule has 246 valence electrons. The summed E-state index contributed by atoms with van der Waals surface area (Å²) in [6.07, 6.45) is 3.80. The van der Waals surface area contributed by atoms with Crippen LogP contribution in [0.15, 0.2) is 89.7 Å². The van der Waals surface area contributed by atoms with Crippen LogP contribution in [0.4, 0.5) is 4.79 Å². The highest BCUT2D eigenvalue weighted by molar-refractivity contribution is 5.95. The third-order valence-corrected chi connectivity index (χ3v) is 7.01. The Kier molecular flexibility index (Phi) is 12.0. The second kappa shape index (κ2) is 16.5. The fourth-order valence-electron chi connectivity index (χ4n) is 4.87. The number of hydrogen-bond donors (Lipinski definition) is 3. The summed E-state index contributed by atoms with van der Waals surface area (Å²) in [6.45, 7) is 7.37. The molecule has 0 saturated heterocycles. The van der Waals surface area contributed by atoms with Crippen LogP contribution >= 0.6 is 0 Å². The van der Waals surface area contributed by atoms with Crippen molar-refractivity contribution in [3.63, 3.8) is 0 Å². The molecular formula is C35H38N4O8. The number of nitrogens with zero attached hydrogens (tertiary/aromatic N) is 1. The van der Waals surface area contributed by atoms with E-state index in [9.17, 15) is 14.4 Å². The summed E-state index contributed by atoms with van der Waals surface area (Å²) in [7, 11) is 3.00. The zero-order chi connectivity index (χ0) is 33.8. The van der Waals surface area contributed by atoms with Gasteiger partial charge in [0.2, 0.25) is 0 Å². The first-order valence-electron chi connectivity index (χ1n) is 14.8. The van der Waals surface area contributed by atoms with Crippen molar-refractivity contribution < 1.29 is 38.1 Å². The van der Waals surface area contributed by atoms with E-state index in [-0.39, 0.29) is 24.5 Å². The number of rotatable bonds is 15. The summed E-state index contributed by atoms with van der Waals surface area (Å²) >= 11 is 0. The zero-order valence-corrected chi connectivity index (χ0v) is 26.8. The van der Waals surface area contributed by atoms with Crippen molar-refractivity contribution in [3.05, 3.63) is 107 Å². The van der Waals surface area contributed by atoms with Crippen LogP contribution in [0.25, 0.3) is 0 Å². The van der Waals surface area contributed by atoms with Crippen molar-refractivity contribution in [2.45, 2.75) is 32.9 Å². The van der Waals surface area contributed by atoms with Gasteiger partial charge in [-0.1, -0.05) is 42.5 Å². The Morgan fingerprint density at radius 3 is 2.47 bits per heavy atom. The average Bonchev–Trinajstić information content (AvgIpc) is 3.06. The Balaban J connectivity index is 1.41. The molecule has 12 heteroatoms. The van der Waals surface area contributed by atoms with Gasteiger partial charge in [-0.15, -0.1) is 6.58 Å². The molecule has 0 aromatic heterocycles. The number of amides is 3. The summed E-state index contributed by atoms with van der Waals surface area (Å²) in [5, 5.41) is 9.41. The van der Waals surface area contributed by atoms with Gasteiger partial charge in [0.1, 0.15) is 6.61 Å². The molecule has 1 aliphatic heterocycles. The smallest absolute Gasteiger partial charge is 0.338 e. The molecule has 3 amide bonds. The summed E-state index contributed by atoms with van der Waals surface area (Å²) < 4.78 is 28.1. The summed E-state index contributed by atoms with van der Waals surface area (Å²) in [4.78, 5) is 37.4. The number of ether oxygens (including phenoxy) is 5. The van der Waals surface area contributed by atoms with Crippen molar-refractivity contribution in [1.29, 1.82) is 0 Å². The topological polar surface area (TPSA) is 146 Å². The number of hydrazone groups is 1. The standard InChI is InChI=1S/C35H38N4O8/c1-6-11-26-16-24(17-29(44-5)33(26)47-20-23-12-9-8-10-13-23)19-36-39-30(40)21-46-27-15-14-25(18-28(27)43-4)32-31(34(41)45-7-2)22(3)37-35(42)38-32/h6,8-10,12-19,32H,1,7,11,20-21H2,2-5H3,(H,39,40)(H2,37,38,42)/b36-19-/t32-/m1/s1. The van der Waals surface area contributed by atoms with Crippen molar-refractivity contribution in [2.24, 2.45) is 5.10 Å². The van der Waals surface area contributed by atoms with E-state index in [2.05, 4.69) is 27.7 Å². The van der Waals surface area contributed by atoms with Gasteiger partial charge < -0.3 is 34.3 Å². The van der Waals surface area contributed by atoms with Crippen LogP contribution in [-0.2, 0) is 27.4 Å². The monoisotopic (exact) mass is 642 g/mol. The van der Waals surface area contributed by atoms with Crippen LogP contribution in [0.1, 0.15) is 42.1 Å². The summed E-state index contributed by atoms with van der Waals surface area (Å²) in [5.41, 5.74) is 6.22. The number of carbonyl (C=O) groups excluding carboxylic acids is 3. The fraction of sp³-hybridized carbons (Fsp3) is 0.257. The van der Waals surface area contributed by atoms with Gasteiger partial charge in [-0.25, -0.2) is 15.0 Å². The lowest BCUT2D eigenvalue weighted by atomic mass is 9.95. The zero-order valence-electron chi connectivity index (χ0n) is 26.8. The third-order valence-electron chi connectivity index (χ3n) is 7.01. The Hall–Kier alpha value is -5.78. The highest BCUT2D eigenvalue weighted by Gasteiger charge is 2.32. The number of carbonyl (C=O) groups is 3. The summed E-state index contributed by atoms with van der Waals surface area (Å²) in [5.74, 6) is 0.638. The minimum absolute atomic E-state index is 0.180. The van der Waals surface area contributed by atoms with Gasteiger partial charge in [0, 0.05) is 11.3 Å². The molecular weight excluding hydrogens is 604 g/mol. The lowest BCUT2D eigenvalue weighted by Gasteiger charge is -2.28. The largest absolute Gasteiger partial charge is 0.493 e. The molecule has 0 spiro atoms. The Labute approximate surface area is 273 Å². The molecule has 3 aromatic carbocycles. The number of urea groups is 1. The SMILES string of the molecule is C=CCc1cc(/C=N\NC(=O)COc2ccc([C@H]3NC(=O)NC(C)=C3C(=O)OCC)cc2OC)cc(OC)c1OCc1ccccc1. The molecule has 0 radical (unpaired) electrons. The van der Waals surface area contributed by atoms with E-state index in [0.717, 1.165) is 11.1 Å². The number of nitrogens with one attached hydrogen (secondary N) is 3. The molecule has 0 bridgehead atoms. The summed E-state index contributed by atoms with van der Waals surface area (Å²) in [6, 6.07) is 17.1. The molecule has 3 N–H and O–H groups in total. The maximum Gasteiger partial charge on any atom is 0.338 e. The Morgan fingerprint density at radius 2 is 1.77 bits per heavy atom. The van der Waals surface area contributed by atoms with E-state index in [0.29, 0.717) is 47.1 Å². The van der Waals surface area contributed by atoms with Gasteiger partial charge in [0.05, 0.1) is 38.7 Å². The predicted molar refractivity (Wildman–Crippen MR) is 176 cm³/mol. The van der Waals surface area contributed by atoms with Crippen LogP contribution in [0, 0.1) is 0 Å². The van der Waals surface area contributed by atoms with Gasteiger partial charge in [0.15, 0.2) is 29.6 Å². The molecule has 1 aliphatic rings. The lowest BCUT2D eigenvalue weighted by molar-refractivity contribution is -0.139. The van der Waals surface area contributed by atoms with E-state index in [1.165, 1.54) is 13.3 Å². The Morgan fingerprint density at radius 1 is 1.00 bits per heavy atom. The molecule has 1 heterocycles. The number of methoxy groups -OCH3 is 2. The molecule has 0 aliphatic carbocycles. The molecule has 12 nitrogen and oxygen atoms in total. The van der Waals surface area contributed by atoms with Crippen molar-refractivity contribution in [1.82, 2.24) is 16.1 Å². The van der Waals surface area contributed by atoms with E-state index >= 15 is 0 Å². The van der Waals surface area contributed by atoms with E-state index in [1.54, 1.807) is 51.3 Å². The molecule has 0 saturated carbocycles. The van der Waals surface area contributed by atoms with Gasteiger partial charge >= 0.3 is 12.0 Å². The molecule has 4 rings (SSSR count). The van der Waals surface area contributed by atoms with Crippen LogP contribution in [0.2, 0.25) is 0 Å². The fourth-order valence-corrected chi connectivity index (χ4v) is 4.87. The molecule has 0 fully saturated rings. The minimum atomic E-state index is -0.779. The highest BCUT2D eigenvalue weighted by atomic mass is 16.5. The molecule has 3 aromatic rings. The minimum Gasteiger partial charge on any atom is -0.493 e. The quantitative estimate of drug-likeness (QED) is 0.0934. The Bertz CT molecular complexity index is 1670. The highest BCUT2D eigenvalue weighted by Crippen LogP contribution is 2.35. The van der Waals surface area contributed by atoms with Crippen molar-refractivity contribution in [2.75, 3.05) is 27.4 Å². The van der Waals surface area contributed by atoms with Gasteiger partial charge in [-0.3, -0.25) is 4.79 Å². The third kappa shape index (κ3) is 8.91. The maximum atomic E-state index is 12.6. The predicted octanol–water partition coefficient (Wildman–Crippen LogP) is 4.73. The normalized spacial score (nSPS) is 14.1. The number of esters is 1. The first kappa shape index (κ1) is 34.1. The van der Waals surface area contributed by atoms with Gasteiger partial charge in [0.25, 0.3) is 5.91 Å². The van der Waals surface area contributed by atoms with Gasteiger partial charge in [-0.2, -0.15) is 5.10 Å². The van der Waals surface area contributed by atoms with Crippen LogP contribution < -0.4 is 35.0 Å². The van der Waals surface area contributed by atoms with E-state index in [1.807, 2.05) is 36.4 Å². The number of allylic oxidation sites excluding steroid dienone is 2. The van der Waals surface area contributed by atoms with Gasteiger partial charge in [-0.05, 0) is 61.2 Å². The molecule has 1 atom stereocenters.